The quantitative estimate of drug-likeness (QED) is 0.0825. The molecule has 13 nitrogen and oxygen atoms in total. The third-order valence-corrected chi connectivity index (χ3v) is 6.44. The van der Waals surface area contributed by atoms with Crippen LogP contribution in [0.15, 0.2) is 60.7 Å². The summed E-state index contributed by atoms with van der Waals surface area (Å²) in [5.74, 6) is -1.31. The number of rotatable bonds is 24. The van der Waals surface area contributed by atoms with Crippen molar-refractivity contribution in [2.45, 2.75) is 37.8 Å². The summed E-state index contributed by atoms with van der Waals surface area (Å²) >= 11 is 0. The van der Waals surface area contributed by atoms with Crippen LogP contribution in [0.1, 0.15) is 24.0 Å². The Bertz CT molecular complexity index is 1040. The van der Waals surface area contributed by atoms with Gasteiger partial charge in [0, 0.05) is 26.3 Å². The SMILES string of the molecule is N[C@@H](Cc1ccccc1)C(=O)NCC(=O)NCCCOCCOCCOCCCNC(=O)CNC(=O)[C@@H](N)Cc1ccccc1. The molecule has 0 spiro atoms. The summed E-state index contributed by atoms with van der Waals surface area (Å²) in [5, 5.41) is 10.6. The van der Waals surface area contributed by atoms with Crippen LogP contribution in [0.4, 0.5) is 0 Å². The topological polar surface area (TPSA) is 196 Å². The van der Waals surface area contributed by atoms with Crippen molar-refractivity contribution in [3.05, 3.63) is 71.8 Å². The van der Waals surface area contributed by atoms with E-state index in [2.05, 4.69) is 21.3 Å². The lowest BCUT2D eigenvalue weighted by atomic mass is 10.1. The fourth-order valence-corrected chi connectivity index (χ4v) is 3.99. The van der Waals surface area contributed by atoms with E-state index in [0.717, 1.165) is 11.1 Å². The summed E-state index contributed by atoms with van der Waals surface area (Å²) in [6.45, 7) is 3.20. The number of carbonyl (C=O) groups excluding carboxylic acids is 4. The first-order valence-electron chi connectivity index (χ1n) is 15.3. The van der Waals surface area contributed by atoms with Gasteiger partial charge < -0.3 is 46.9 Å². The maximum absolute atomic E-state index is 12.1. The van der Waals surface area contributed by atoms with E-state index in [1.807, 2.05) is 60.7 Å². The van der Waals surface area contributed by atoms with Gasteiger partial charge in [0.25, 0.3) is 0 Å². The summed E-state index contributed by atoms with van der Waals surface area (Å²) in [4.78, 5) is 48.0. The molecule has 0 radical (unpaired) electrons. The number of nitrogens with two attached hydrogens (primary N) is 2. The van der Waals surface area contributed by atoms with Gasteiger partial charge in [0.05, 0.1) is 51.6 Å². The van der Waals surface area contributed by atoms with Gasteiger partial charge in [-0.1, -0.05) is 60.7 Å². The first-order valence-corrected chi connectivity index (χ1v) is 15.3. The summed E-state index contributed by atoms with van der Waals surface area (Å²) in [6.07, 6.45) is 2.06. The zero-order valence-electron chi connectivity index (χ0n) is 25.8. The predicted octanol–water partition coefficient (Wildman–Crippen LogP) is -0.579. The van der Waals surface area contributed by atoms with Gasteiger partial charge >= 0.3 is 0 Å². The molecule has 8 N–H and O–H groups in total. The van der Waals surface area contributed by atoms with E-state index in [1.54, 1.807) is 0 Å². The molecule has 0 saturated heterocycles. The van der Waals surface area contributed by atoms with E-state index in [0.29, 0.717) is 78.4 Å². The molecule has 4 amide bonds. The van der Waals surface area contributed by atoms with Crippen LogP contribution >= 0.6 is 0 Å². The molecule has 0 heterocycles. The fourth-order valence-electron chi connectivity index (χ4n) is 3.99. The standard InChI is InChI=1S/C32H48N6O7/c33-27(21-25-9-3-1-4-10-25)31(41)37-23-29(39)35-13-7-15-43-17-19-45-20-18-44-16-8-14-36-30(40)24-38-32(42)28(34)22-26-11-5-2-6-12-26/h1-6,9-12,27-28H,7-8,13-24,33-34H2,(H,35,39)(H,36,40)(H,37,41)(H,38,42)/t27-,28-/m0/s1. The average Bonchev–Trinajstić information content (AvgIpc) is 3.05. The molecule has 0 bridgehead atoms. The van der Waals surface area contributed by atoms with E-state index >= 15 is 0 Å². The van der Waals surface area contributed by atoms with Gasteiger partial charge in [-0.2, -0.15) is 0 Å². The second-order valence-corrected chi connectivity index (χ2v) is 10.3. The van der Waals surface area contributed by atoms with Gasteiger partial charge in [0.2, 0.25) is 23.6 Å². The lowest BCUT2D eigenvalue weighted by Crippen LogP contribution is -2.46. The summed E-state index contributed by atoms with van der Waals surface area (Å²) in [7, 11) is 0. The van der Waals surface area contributed by atoms with Crippen molar-refractivity contribution in [2.75, 3.05) is 65.8 Å². The van der Waals surface area contributed by atoms with Crippen LogP contribution in [0, 0.1) is 0 Å². The van der Waals surface area contributed by atoms with Crippen LogP contribution in [-0.2, 0) is 46.2 Å². The molecule has 0 unspecified atom stereocenters. The number of nitrogens with one attached hydrogen (secondary N) is 4. The highest BCUT2D eigenvalue weighted by atomic mass is 16.5. The van der Waals surface area contributed by atoms with Crippen molar-refractivity contribution >= 4 is 23.6 Å². The van der Waals surface area contributed by atoms with Crippen molar-refractivity contribution in [1.82, 2.24) is 21.3 Å². The molecule has 13 heteroatoms. The van der Waals surface area contributed by atoms with Gasteiger partial charge in [0.15, 0.2) is 0 Å². The number of benzene rings is 2. The fraction of sp³-hybridized carbons (Fsp3) is 0.500. The maximum Gasteiger partial charge on any atom is 0.239 e. The molecular formula is C32H48N6O7. The molecule has 0 aliphatic rings. The zero-order chi connectivity index (χ0) is 32.5. The Labute approximate surface area is 265 Å². The second-order valence-electron chi connectivity index (χ2n) is 10.3. The molecule has 0 saturated carbocycles. The van der Waals surface area contributed by atoms with E-state index in [1.165, 1.54) is 0 Å². The minimum atomic E-state index is -0.716. The number of hydrogen-bond donors (Lipinski definition) is 6. The van der Waals surface area contributed by atoms with Gasteiger partial charge in [-0.25, -0.2) is 0 Å². The van der Waals surface area contributed by atoms with Gasteiger partial charge in [-0.15, -0.1) is 0 Å². The highest BCUT2D eigenvalue weighted by Crippen LogP contribution is 2.02. The predicted molar refractivity (Wildman–Crippen MR) is 170 cm³/mol. The van der Waals surface area contributed by atoms with Crippen molar-refractivity contribution in [2.24, 2.45) is 11.5 Å². The molecule has 248 valence electrons. The lowest BCUT2D eigenvalue weighted by molar-refractivity contribution is -0.126. The Balaban J connectivity index is 1.31. The molecule has 0 aromatic heterocycles. The average molecular weight is 629 g/mol. The van der Waals surface area contributed by atoms with Crippen LogP contribution in [0.25, 0.3) is 0 Å². The molecule has 0 aliphatic carbocycles. The van der Waals surface area contributed by atoms with Crippen LogP contribution in [0.5, 0.6) is 0 Å². The maximum atomic E-state index is 12.1. The van der Waals surface area contributed by atoms with Gasteiger partial charge in [0.1, 0.15) is 0 Å². The third-order valence-electron chi connectivity index (χ3n) is 6.44. The zero-order valence-corrected chi connectivity index (χ0v) is 25.8. The van der Waals surface area contributed by atoms with Gasteiger partial charge in [-0.05, 0) is 36.8 Å². The summed E-state index contributed by atoms with van der Waals surface area (Å²) < 4.78 is 16.4. The first-order chi connectivity index (χ1) is 21.8. The largest absolute Gasteiger partial charge is 0.379 e. The van der Waals surface area contributed by atoms with Crippen LogP contribution in [0.2, 0.25) is 0 Å². The Morgan fingerprint density at radius 2 is 0.889 bits per heavy atom. The van der Waals surface area contributed by atoms with Crippen LogP contribution in [0.3, 0.4) is 0 Å². The van der Waals surface area contributed by atoms with Crippen molar-refractivity contribution in [3.8, 4) is 0 Å². The van der Waals surface area contributed by atoms with Crippen molar-refractivity contribution < 1.29 is 33.4 Å². The summed E-state index contributed by atoms with van der Waals surface area (Å²) in [6, 6.07) is 17.5. The number of amides is 4. The third kappa shape index (κ3) is 18.5. The number of carbonyl (C=O) groups is 4. The minimum Gasteiger partial charge on any atom is -0.379 e. The molecular weight excluding hydrogens is 580 g/mol. The molecule has 2 aromatic carbocycles. The normalized spacial score (nSPS) is 12.1. The second kappa shape index (κ2) is 23.5. The van der Waals surface area contributed by atoms with Crippen molar-refractivity contribution in [3.63, 3.8) is 0 Å². The Morgan fingerprint density at radius 1 is 0.533 bits per heavy atom. The smallest absolute Gasteiger partial charge is 0.239 e. The number of ether oxygens (including phenoxy) is 3. The Hall–Kier alpha value is -3.88. The Morgan fingerprint density at radius 3 is 1.27 bits per heavy atom. The number of hydrogen-bond acceptors (Lipinski definition) is 9. The lowest BCUT2D eigenvalue weighted by Gasteiger charge is -2.12. The molecule has 45 heavy (non-hydrogen) atoms. The first kappa shape index (κ1) is 37.3. The van der Waals surface area contributed by atoms with Crippen LogP contribution in [-0.4, -0.2) is 102 Å². The molecule has 2 aromatic rings. The molecule has 0 aliphatic heterocycles. The van der Waals surface area contributed by atoms with Crippen molar-refractivity contribution in [1.29, 1.82) is 0 Å². The van der Waals surface area contributed by atoms with E-state index in [4.69, 9.17) is 25.7 Å². The minimum absolute atomic E-state index is 0.127. The molecule has 2 atom stereocenters. The summed E-state index contributed by atoms with van der Waals surface area (Å²) in [5.41, 5.74) is 13.7. The highest BCUT2D eigenvalue weighted by molar-refractivity contribution is 5.88. The van der Waals surface area contributed by atoms with E-state index in [-0.39, 0.29) is 36.7 Å². The van der Waals surface area contributed by atoms with Crippen LogP contribution < -0.4 is 32.7 Å². The Kier molecular flexibility index (Phi) is 19.5. The monoisotopic (exact) mass is 628 g/mol. The van der Waals surface area contributed by atoms with E-state index < -0.39 is 12.1 Å². The van der Waals surface area contributed by atoms with E-state index in [9.17, 15) is 19.2 Å². The molecule has 2 rings (SSSR count). The highest BCUT2D eigenvalue weighted by Gasteiger charge is 2.16. The van der Waals surface area contributed by atoms with Gasteiger partial charge in [-0.3, -0.25) is 19.2 Å². The molecule has 0 fully saturated rings.